The van der Waals surface area contributed by atoms with Gasteiger partial charge < -0.3 is 15.5 Å². The van der Waals surface area contributed by atoms with Crippen molar-refractivity contribution in [1.29, 1.82) is 0 Å². The van der Waals surface area contributed by atoms with Crippen LogP contribution in [0.5, 0.6) is 0 Å². The minimum atomic E-state index is -5.58. The van der Waals surface area contributed by atoms with Gasteiger partial charge in [-0.05, 0) is 5.56 Å². The van der Waals surface area contributed by atoms with Gasteiger partial charge in [0.15, 0.2) is 11.4 Å². The number of aromatic nitrogens is 1. The number of halogens is 6. The van der Waals surface area contributed by atoms with E-state index in [1.54, 1.807) is 6.07 Å². The van der Waals surface area contributed by atoms with Crippen molar-refractivity contribution >= 4 is 17.6 Å². The zero-order valence-electron chi connectivity index (χ0n) is 13.5. The normalized spacial score (nSPS) is 11.9. The lowest BCUT2D eigenvalue weighted by Gasteiger charge is -2.20. The predicted octanol–water partition coefficient (Wildman–Crippen LogP) is 4.13. The number of nitrogens with zero attached hydrogens (tertiary/aromatic N) is 1. The molecule has 0 spiro atoms. The summed E-state index contributed by atoms with van der Waals surface area (Å²) >= 11 is 0. The molecule has 12 heteroatoms. The van der Waals surface area contributed by atoms with E-state index >= 15 is 0 Å². The minimum absolute atomic E-state index is 0.356. The molecule has 3 N–H and O–H groups in total. The van der Waals surface area contributed by atoms with Crippen molar-refractivity contribution in [3.63, 3.8) is 0 Å². The fourth-order valence-electron chi connectivity index (χ4n) is 2.38. The average molecular weight is 408 g/mol. The molecule has 0 saturated heterocycles. The van der Waals surface area contributed by atoms with Gasteiger partial charge in [0.25, 0.3) is 0 Å². The molecule has 6 nitrogen and oxygen atoms in total. The second-order valence-corrected chi connectivity index (χ2v) is 5.38. The van der Waals surface area contributed by atoms with Crippen LogP contribution in [0.25, 0.3) is 0 Å². The third-order valence-electron chi connectivity index (χ3n) is 3.47. The SMILES string of the molecule is O=C(O)c1c(C(F)(F)F)nc(C(F)(F)F)c(C(=O)O)c1NCc1ccccc1. The number of pyridine rings is 1. The molecule has 1 aromatic heterocycles. The van der Waals surface area contributed by atoms with Crippen LogP contribution in [0.1, 0.15) is 37.7 Å². The number of aromatic carboxylic acids is 2. The molecule has 0 aliphatic carbocycles. The van der Waals surface area contributed by atoms with Crippen molar-refractivity contribution in [2.24, 2.45) is 0 Å². The largest absolute Gasteiger partial charge is 0.478 e. The Morgan fingerprint density at radius 3 is 1.64 bits per heavy atom. The molecule has 0 saturated carbocycles. The second-order valence-electron chi connectivity index (χ2n) is 5.38. The Labute approximate surface area is 152 Å². The summed E-state index contributed by atoms with van der Waals surface area (Å²) in [6.07, 6.45) is -11.2. The van der Waals surface area contributed by atoms with Gasteiger partial charge >= 0.3 is 24.3 Å². The van der Waals surface area contributed by atoms with Gasteiger partial charge in [-0.3, -0.25) is 0 Å². The molecule has 0 radical (unpaired) electrons. The molecule has 1 heterocycles. The number of alkyl halides is 6. The zero-order chi connectivity index (χ0) is 21.3. The van der Waals surface area contributed by atoms with E-state index in [4.69, 9.17) is 10.2 Å². The van der Waals surface area contributed by atoms with E-state index in [0.717, 1.165) is 0 Å². The monoisotopic (exact) mass is 408 g/mol. The van der Waals surface area contributed by atoms with Crippen molar-refractivity contribution in [1.82, 2.24) is 4.98 Å². The maximum atomic E-state index is 13.2. The van der Waals surface area contributed by atoms with Crippen molar-refractivity contribution in [2.75, 3.05) is 5.32 Å². The van der Waals surface area contributed by atoms with Crippen molar-refractivity contribution < 1.29 is 46.1 Å². The Morgan fingerprint density at radius 2 is 1.29 bits per heavy atom. The lowest BCUT2D eigenvalue weighted by Crippen LogP contribution is -2.26. The third kappa shape index (κ3) is 4.32. The fraction of sp³-hybridized carbons (Fsp3) is 0.188. The lowest BCUT2D eigenvalue weighted by molar-refractivity contribution is -0.150. The quantitative estimate of drug-likeness (QED) is 0.644. The van der Waals surface area contributed by atoms with Crippen molar-refractivity contribution in [3.05, 3.63) is 58.4 Å². The lowest BCUT2D eigenvalue weighted by atomic mass is 10.0. The number of hydrogen-bond donors (Lipinski definition) is 3. The van der Waals surface area contributed by atoms with Crippen LogP contribution < -0.4 is 5.32 Å². The van der Waals surface area contributed by atoms with Gasteiger partial charge in [-0.15, -0.1) is 0 Å². The summed E-state index contributed by atoms with van der Waals surface area (Å²) in [5.74, 6) is -4.57. The maximum absolute atomic E-state index is 13.2. The molecular formula is C16H10F6N2O4. The number of hydrogen-bond acceptors (Lipinski definition) is 4. The molecule has 0 aliphatic heterocycles. The van der Waals surface area contributed by atoms with Gasteiger partial charge in [0.05, 0.1) is 5.69 Å². The number of anilines is 1. The van der Waals surface area contributed by atoms with Crippen LogP contribution in [-0.2, 0) is 18.9 Å². The standard InChI is InChI=1S/C16H10F6N2O4/c17-15(18,19)11-8(13(25)26)10(23-6-7-4-2-1-3-5-7)9(14(27)28)12(24-11)16(20,21)22/h1-5H,6H2,(H,23,24)(H,25,26)(H,27,28). The molecule has 28 heavy (non-hydrogen) atoms. The summed E-state index contributed by atoms with van der Waals surface area (Å²) < 4.78 is 79.1. The summed E-state index contributed by atoms with van der Waals surface area (Å²) in [5.41, 5.74) is -9.11. The first-order chi connectivity index (χ1) is 12.8. The zero-order valence-corrected chi connectivity index (χ0v) is 13.5. The van der Waals surface area contributed by atoms with Gasteiger partial charge in [0.2, 0.25) is 0 Å². The highest BCUT2D eigenvalue weighted by Gasteiger charge is 2.47. The highest BCUT2D eigenvalue weighted by molar-refractivity contribution is 6.04. The average Bonchev–Trinajstić information content (AvgIpc) is 2.57. The van der Waals surface area contributed by atoms with E-state index in [1.165, 1.54) is 24.3 Å². The Morgan fingerprint density at radius 1 is 0.857 bits per heavy atom. The van der Waals surface area contributed by atoms with E-state index < -0.39 is 59.0 Å². The summed E-state index contributed by atoms with van der Waals surface area (Å²) in [6.45, 7) is -0.431. The molecule has 0 amide bonds. The summed E-state index contributed by atoms with van der Waals surface area (Å²) in [4.78, 5) is 25.1. The van der Waals surface area contributed by atoms with E-state index in [-0.39, 0.29) is 0 Å². The number of carboxylic acids is 2. The summed E-state index contributed by atoms with van der Waals surface area (Å²) in [7, 11) is 0. The number of carboxylic acid groups (broad SMARTS) is 2. The van der Waals surface area contributed by atoms with Crippen LogP contribution in [0, 0.1) is 0 Å². The van der Waals surface area contributed by atoms with Crippen LogP contribution in [0.3, 0.4) is 0 Å². The highest BCUT2D eigenvalue weighted by atomic mass is 19.4. The van der Waals surface area contributed by atoms with Crippen LogP contribution >= 0.6 is 0 Å². The van der Waals surface area contributed by atoms with Crippen LogP contribution in [-0.4, -0.2) is 27.1 Å². The van der Waals surface area contributed by atoms with Crippen molar-refractivity contribution in [2.45, 2.75) is 18.9 Å². The van der Waals surface area contributed by atoms with Crippen molar-refractivity contribution in [3.8, 4) is 0 Å². The number of benzene rings is 1. The van der Waals surface area contributed by atoms with E-state index in [0.29, 0.717) is 5.56 Å². The second kappa shape index (κ2) is 7.37. The van der Waals surface area contributed by atoms with E-state index in [2.05, 4.69) is 10.3 Å². The van der Waals surface area contributed by atoms with Gasteiger partial charge in [0.1, 0.15) is 11.1 Å². The Kier molecular flexibility index (Phi) is 5.52. The molecule has 2 aromatic rings. The van der Waals surface area contributed by atoms with Gasteiger partial charge in [-0.1, -0.05) is 30.3 Å². The Bertz CT molecular complexity index is 860. The topological polar surface area (TPSA) is 99.5 Å². The number of nitrogens with one attached hydrogen (secondary N) is 1. The minimum Gasteiger partial charge on any atom is -0.478 e. The molecule has 0 unspecified atom stereocenters. The molecule has 0 atom stereocenters. The van der Waals surface area contributed by atoms with E-state index in [9.17, 15) is 35.9 Å². The number of carbonyl (C=O) groups is 2. The predicted molar refractivity (Wildman–Crippen MR) is 81.9 cm³/mol. The highest BCUT2D eigenvalue weighted by Crippen LogP contribution is 2.41. The summed E-state index contributed by atoms with van der Waals surface area (Å²) in [6, 6.07) is 7.52. The first kappa shape index (κ1) is 21.0. The molecule has 1 aromatic carbocycles. The van der Waals surface area contributed by atoms with Gasteiger partial charge in [0, 0.05) is 6.54 Å². The van der Waals surface area contributed by atoms with E-state index in [1.807, 2.05) is 0 Å². The molecular weight excluding hydrogens is 398 g/mol. The maximum Gasteiger partial charge on any atom is 0.434 e. The molecule has 150 valence electrons. The first-order valence-corrected chi connectivity index (χ1v) is 7.30. The Balaban J connectivity index is 2.83. The third-order valence-corrected chi connectivity index (χ3v) is 3.47. The molecule has 0 aliphatic rings. The molecule has 2 rings (SSSR count). The number of rotatable bonds is 5. The molecule has 0 fully saturated rings. The van der Waals surface area contributed by atoms with Crippen LogP contribution in [0.4, 0.5) is 32.0 Å². The first-order valence-electron chi connectivity index (χ1n) is 7.30. The van der Waals surface area contributed by atoms with Gasteiger partial charge in [-0.25, -0.2) is 14.6 Å². The van der Waals surface area contributed by atoms with Crippen LogP contribution in [0.2, 0.25) is 0 Å². The van der Waals surface area contributed by atoms with Gasteiger partial charge in [-0.2, -0.15) is 26.3 Å². The summed E-state index contributed by atoms with van der Waals surface area (Å²) in [5, 5.41) is 20.4. The molecule has 0 bridgehead atoms. The fourth-order valence-corrected chi connectivity index (χ4v) is 2.38. The Hall–Kier alpha value is -3.31. The smallest absolute Gasteiger partial charge is 0.434 e. The van der Waals surface area contributed by atoms with Crippen LogP contribution in [0.15, 0.2) is 30.3 Å².